The molecule has 0 bridgehead atoms. The maximum Gasteiger partial charge on any atom is 0.253 e. The van der Waals surface area contributed by atoms with E-state index in [1.807, 2.05) is 30.3 Å². The normalized spacial score (nSPS) is 24.1. The summed E-state index contributed by atoms with van der Waals surface area (Å²) >= 11 is 0. The van der Waals surface area contributed by atoms with Crippen LogP contribution in [0.15, 0.2) is 30.3 Å². The largest absolute Gasteiger partial charge is 0.367 e. The Morgan fingerprint density at radius 3 is 2.79 bits per heavy atom. The fourth-order valence-corrected chi connectivity index (χ4v) is 2.79. The molecule has 3 N–H and O–H groups in total. The van der Waals surface area contributed by atoms with E-state index in [1.165, 1.54) is 0 Å². The highest BCUT2D eigenvalue weighted by Gasteiger charge is 2.30. The van der Waals surface area contributed by atoms with Gasteiger partial charge in [-0.25, -0.2) is 0 Å². The maximum absolute atomic E-state index is 12.3. The van der Waals surface area contributed by atoms with Crippen molar-refractivity contribution in [2.24, 2.45) is 11.7 Å². The monoisotopic (exact) mass is 262 g/mol. The number of rotatable bonds is 5. The molecule has 3 unspecified atom stereocenters. The van der Waals surface area contributed by atoms with Crippen molar-refractivity contribution >= 4 is 5.91 Å². The van der Waals surface area contributed by atoms with Crippen LogP contribution in [0.2, 0.25) is 0 Å². The molecule has 1 saturated carbocycles. The zero-order valence-electron chi connectivity index (χ0n) is 11.3. The summed E-state index contributed by atoms with van der Waals surface area (Å²) in [4.78, 5) is 12.3. The number of nitrogens with one attached hydrogen (secondary N) is 1. The van der Waals surface area contributed by atoms with Gasteiger partial charge >= 0.3 is 0 Å². The van der Waals surface area contributed by atoms with Crippen LogP contribution in [-0.2, 0) is 9.53 Å². The van der Waals surface area contributed by atoms with Crippen LogP contribution in [0.4, 0.5) is 0 Å². The van der Waals surface area contributed by atoms with Gasteiger partial charge < -0.3 is 15.8 Å². The van der Waals surface area contributed by atoms with Gasteiger partial charge in [-0.15, -0.1) is 0 Å². The molecule has 4 heteroatoms. The Hall–Kier alpha value is -1.39. The van der Waals surface area contributed by atoms with E-state index in [9.17, 15) is 4.79 Å². The molecule has 1 fully saturated rings. The lowest BCUT2D eigenvalue weighted by Gasteiger charge is -2.23. The number of amides is 1. The number of carbonyl (C=O) groups is 1. The van der Waals surface area contributed by atoms with Gasteiger partial charge in [-0.3, -0.25) is 4.79 Å². The van der Waals surface area contributed by atoms with Crippen molar-refractivity contribution in [3.63, 3.8) is 0 Å². The summed E-state index contributed by atoms with van der Waals surface area (Å²) in [6.45, 7) is 0.633. The summed E-state index contributed by atoms with van der Waals surface area (Å²) in [5.41, 5.74) is 6.62. The number of nitrogens with two attached hydrogens (primary N) is 1. The fraction of sp³-hybridized carbons (Fsp3) is 0.533. The van der Waals surface area contributed by atoms with Crippen LogP contribution >= 0.6 is 0 Å². The van der Waals surface area contributed by atoms with E-state index in [1.54, 1.807) is 7.11 Å². The van der Waals surface area contributed by atoms with Crippen molar-refractivity contribution in [1.82, 2.24) is 5.32 Å². The van der Waals surface area contributed by atoms with E-state index in [4.69, 9.17) is 10.5 Å². The van der Waals surface area contributed by atoms with Gasteiger partial charge in [-0.1, -0.05) is 36.8 Å². The second-order valence-electron chi connectivity index (χ2n) is 5.07. The fourth-order valence-electron chi connectivity index (χ4n) is 2.79. The predicted octanol–water partition coefficient (Wildman–Crippen LogP) is 1.62. The minimum absolute atomic E-state index is 0.0703. The Morgan fingerprint density at radius 1 is 1.42 bits per heavy atom. The van der Waals surface area contributed by atoms with E-state index >= 15 is 0 Å². The minimum atomic E-state index is -0.541. The Balaban J connectivity index is 2.01. The number of benzene rings is 1. The molecule has 1 aliphatic carbocycles. The smallest absolute Gasteiger partial charge is 0.253 e. The lowest BCUT2D eigenvalue weighted by atomic mass is 10.0. The van der Waals surface area contributed by atoms with Crippen LogP contribution in [0.1, 0.15) is 30.9 Å². The van der Waals surface area contributed by atoms with Crippen molar-refractivity contribution in [1.29, 1.82) is 0 Å². The summed E-state index contributed by atoms with van der Waals surface area (Å²) in [5.74, 6) is 0.330. The van der Waals surface area contributed by atoms with Crippen molar-refractivity contribution in [3.8, 4) is 0 Å². The van der Waals surface area contributed by atoms with E-state index in [2.05, 4.69) is 5.32 Å². The molecule has 0 aromatic heterocycles. The zero-order valence-corrected chi connectivity index (χ0v) is 11.3. The lowest BCUT2D eigenvalue weighted by Crippen LogP contribution is -2.42. The third-order valence-corrected chi connectivity index (χ3v) is 3.87. The highest BCUT2D eigenvalue weighted by molar-refractivity contribution is 5.82. The van der Waals surface area contributed by atoms with E-state index in [-0.39, 0.29) is 11.9 Å². The topological polar surface area (TPSA) is 64.3 Å². The molecule has 1 aromatic carbocycles. The summed E-state index contributed by atoms with van der Waals surface area (Å²) in [5, 5.41) is 3.09. The molecule has 4 nitrogen and oxygen atoms in total. The summed E-state index contributed by atoms with van der Waals surface area (Å²) in [7, 11) is 1.56. The van der Waals surface area contributed by atoms with Gasteiger partial charge in [-0.05, 0) is 30.9 Å². The highest BCUT2D eigenvalue weighted by Crippen LogP contribution is 2.26. The standard InChI is InChI=1S/C15H22N2O2/c1-19-14(11-6-3-2-4-7-11)15(18)17-13-9-5-8-12(13)10-16/h2-4,6-7,12-14H,5,8-10,16H2,1H3,(H,17,18). The molecular weight excluding hydrogens is 240 g/mol. The van der Waals surface area contributed by atoms with Gasteiger partial charge in [-0.2, -0.15) is 0 Å². The maximum atomic E-state index is 12.3. The Morgan fingerprint density at radius 2 is 2.16 bits per heavy atom. The first-order valence-corrected chi connectivity index (χ1v) is 6.84. The first-order chi connectivity index (χ1) is 9.26. The molecule has 0 radical (unpaired) electrons. The SMILES string of the molecule is COC(C(=O)NC1CCCC1CN)c1ccccc1. The minimum Gasteiger partial charge on any atom is -0.367 e. The molecule has 104 valence electrons. The summed E-state index contributed by atoms with van der Waals surface area (Å²) < 4.78 is 5.33. The van der Waals surface area contributed by atoms with Gasteiger partial charge in [0.25, 0.3) is 5.91 Å². The number of hydrogen-bond acceptors (Lipinski definition) is 3. The van der Waals surface area contributed by atoms with Gasteiger partial charge in [0.2, 0.25) is 0 Å². The molecule has 1 aliphatic rings. The third kappa shape index (κ3) is 3.33. The predicted molar refractivity (Wildman–Crippen MR) is 74.5 cm³/mol. The van der Waals surface area contributed by atoms with Crippen LogP contribution in [0.25, 0.3) is 0 Å². The second-order valence-corrected chi connectivity index (χ2v) is 5.07. The molecular formula is C15H22N2O2. The van der Waals surface area contributed by atoms with Crippen LogP contribution in [0.5, 0.6) is 0 Å². The van der Waals surface area contributed by atoms with Gasteiger partial charge in [0.15, 0.2) is 6.10 Å². The molecule has 2 rings (SSSR count). The average Bonchev–Trinajstić information content (AvgIpc) is 2.88. The quantitative estimate of drug-likeness (QED) is 0.847. The van der Waals surface area contributed by atoms with Crippen LogP contribution in [0.3, 0.4) is 0 Å². The molecule has 3 atom stereocenters. The molecule has 0 heterocycles. The Bertz CT molecular complexity index is 408. The number of carbonyl (C=O) groups excluding carboxylic acids is 1. The summed E-state index contributed by atoms with van der Waals surface area (Å²) in [6, 6.07) is 9.75. The first-order valence-electron chi connectivity index (χ1n) is 6.84. The molecule has 1 aromatic rings. The van der Waals surface area contributed by atoms with Crippen LogP contribution < -0.4 is 11.1 Å². The molecule has 19 heavy (non-hydrogen) atoms. The average molecular weight is 262 g/mol. The molecule has 0 saturated heterocycles. The van der Waals surface area contributed by atoms with Gasteiger partial charge in [0.1, 0.15) is 0 Å². The van der Waals surface area contributed by atoms with E-state index in [0.717, 1.165) is 24.8 Å². The zero-order chi connectivity index (χ0) is 13.7. The van der Waals surface area contributed by atoms with Gasteiger partial charge in [0, 0.05) is 13.2 Å². The van der Waals surface area contributed by atoms with Crippen LogP contribution in [-0.4, -0.2) is 25.6 Å². The first kappa shape index (κ1) is 14.0. The molecule has 1 amide bonds. The number of methoxy groups -OCH3 is 1. The van der Waals surface area contributed by atoms with Crippen molar-refractivity contribution in [3.05, 3.63) is 35.9 Å². The number of hydrogen-bond donors (Lipinski definition) is 2. The van der Waals surface area contributed by atoms with Crippen LogP contribution in [0, 0.1) is 5.92 Å². The Kier molecular flexibility index (Phi) is 4.93. The lowest BCUT2D eigenvalue weighted by molar-refractivity contribution is -0.132. The van der Waals surface area contributed by atoms with Crippen molar-refractivity contribution < 1.29 is 9.53 Å². The highest BCUT2D eigenvalue weighted by atomic mass is 16.5. The molecule has 0 aliphatic heterocycles. The van der Waals surface area contributed by atoms with Crippen molar-refractivity contribution in [2.45, 2.75) is 31.4 Å². The number of ether oxygens (including phenoxy) is 1. The second kappa shape index (κ2) is 6.68. The van der Waals surface area contributed by atoms with E-state index in [0.29, 0.717) is 12.5 Å². The molecule has 0 spiro atoms. The summed E-state index contributed by atoms with van der Waals surface area (Å²) in [6.07, 6.45) is 2.71. The Labute approximate surface area is 114 Å². The third-order valence-electron chi connectivity index (χ3n) is 3.87. The van der Waals surface area contributed by atoms with Crippen molar-refractivity contribution in [2.75, 3.05) is 13.7 Å². The van der Waals surface area contributed by atoms with Gasteiger partial charge in [0.05, 0.1) is 0 Å². The van der Waals surface area contributed by atoms with E-state index < -0.39 is 6.10 Å².